The molecule has 0 aromatic heterocycles. The molecular weight excluding hydrogens is 368 g/mol. The monoisotopic (exact) mass is 394 g/mol. The zero-order chi connectivity index (χ0) is 20.0. The van der Waals surface area contributed by atoms with Crippen LogP contribution in [0.3, 0.4) is 0 Å². The van der Waals surface area contributed by atoms with E-state index < -0.39 is 21.4 Å². The van der Waals surface area contributed by atoms with E-state index in [1.165, 1.54) is 4.31 Å². The normalized spacial score (nSPS) is 24.6. The van der Waals surface area contributed by atoms with E-state index in [2.05, 4.69) is 0 Å². The number of aliphatic carboxylic acids is 1. The minimum atomic E-state index is -3.27. The summed E-state index contributed by atoms with van der Waals surface area (Å²) >= 11 is 0. The Bertz CT molecular complexity index is 880. The largest absolute Gasteiger partial charge is 0.481 e. The van der Waals surface area contributed by atoms with Crippen LogP contribution in [0.15, 0.2) is 18.2 Å². The Morgan fingerprint density at radius 3 is 2.41 bits per heavy atom. The van der Waals surface area contributed by atoms with Gasteiger partial charge in [-0.25, -0.2) is 8.42 Å². The van der Waals surface area contributed by atoms with Gasteiger partial charge in [-0.05, 0) is 49.4 Å². The maximum Gasteiger partial charge on any atom is 0.311 e. The number of sulfonamides is 1. The Morgan fingerprint density at radius 1 is 1.22 bits per heavy atom. The first-order valence-electron chi connectivity index (χ1n) is 9.22. The van der Waals surface area contributed by atoms with Crippen LogP contribution >= 0.6 is 0 Å². The fourth-order valence-corrected chi connectivity index (χ4v) is 5.60. The summed E-state index contributed by atoms with van der Waals surface area (Å²) in [5.41, 5.74) is 0.843. The molecule has 3 rings (SSSR count). The predicted octanol–water partition coefficient (Wildman–Crippen LogP) is 2.11. The summed E-state index contributed by atoms with van der Waals surface area (Å²) in [6.45, 7) is 6.59. The number of anilines is 1. The molecule has 1 aromatic rings. The third-order valence-electron chi connectivity index (χ3n) is 5.95. The van der Waals surface area contributed by atoms with Crippen LogP contribution in [0.1, 0.15) is 42.6 Å². The van der Waals surface area contributed by atoms with E-state index in [1.807, 2.05) is 13.8 Å². The molecule has 148 valence electrons. The lowest BCUT2D eigenvalue weighted by molar-refractivity contribution is -0.150. The zero-order valence-corrected chi connectivity index (χ0v) is 16.8. The molecule has 27 heavy (non-hydrogen) atoms. The van der Waals surface area contributed by atoms with E-state index in [0.29, 0.717) is 42.7 Å². The fourth-order valence-electron chi connectivity index (χ4n) is 4.04. The van der Waals surface area contributed by atoms with Gasteiger partial charge in [0.2, 0.25) is 10.0 Å². The van der Waals surface area contributed by atoms with Crippen molar-refractivity contribution < 1.29 is 23.1 Å². The number of carboxylic acid groups (broad SMARTS) is 1. The standard InChI is InChI=1S/C19H26N2O5S/c1-13(2)19(18(23)24)7-9-20(12-19)17(22)16-6-5-15(11-14(16)3)21-8-4-10-27(21,25)26/h5-6,11,13H,4,7-10,12H2,1-3H3,(H,23,24). The molecule has 0 spiro atoms. The van der Waals surface area contributed by atoms with Crippen LogP contribution < -0.4 is 4.31 Å². The number of carbonyl (C=O) groups is 2. The number of carboxylic acids is 1. The number of benzene rings is 1. The smallest absolute Gasteiger partial charge is 0.311 e. The van der Waals surface area contributed by atoms with Gasteiger partial charge in [-0.1, -0.05) is 13.8 Å². The topological polar surface area (TPSA) is 95.0 Å². The molecule has 2 heterocycles. The summed E-state index contributed by atoms with van der Waals surface area (Å²) < 4.78 is 25.6. The Hall–Kier alpha value is -2.09. The average molecular weight is 394 g/mol. The Balaban J connectivity index is 1.83. The summed E-state index contributed by atoms with van der Waals surface area (Å²) in [6, 6.07) is 5.03. The minimum absolute atomic E-state index is 0.0725. The summed E-state index contributed by atoms with van der Waals surface area (Å²) in [5.74, 6) is -0.990. The third kappa shape index (κ3) is 3.31. The molecule has 1 aromatic carbocycles. The van der Waals surface area contributed by atoms with Gasteiger partial charge < -0.3 is 10.0 Å². The van der Waals surface area contributed by atoms with Gasteiger partial charge in [-0.2, -0.15) is 0 Å². The van der Waals surface area contributed by atoms with E-state index in [-0.39, 0.29) is 24.1 Å². The number of hydrogen-bond acceptors (Lipinski definition) is 4. The molecule has 0 radical (unpaired) electrons. The molecular formula is C19H26N2O5S. The number of rotatable bonds is 4. The van der Waals surface area contributed by atoms with E-state index in [4.69, 9.17) is 0 Å². The van der Waals surface area contributed by atoms with Crippen molar-refractivity contribution in [3.63, 3.8) is 0 Å². The van der Waals surface area contributed by atoms with E-state index >= 15 is 0 Å². The van der Waals surface area contributed by atoms with E-state index in [9.17, 15) is 23.1 Å². The van der Waals surface area contributed by atoms with Gasteiger partial charge in [0.05, 0.1) is 16.9 Å². The maximum atomic E-state index is 13.0. The number of amides is 1. The highest BCUT2D eigenvalue weighted by atomic mass is 32.2. The number of likely N-dealkylation sites (tertiary alicyclic amines) is 1. The molecule has 0 saturated carbocycles. The first-order valence-corrected chi connectivity index (χ1v) is 10.8. The Kier molecular flexibility index (Phi) is 4.96. The molecule has 1 unspecified atom stereocenters. The maximum absolute atomic E-state index is 13.0. The molecule has 2 fully saturated rings. The van der Waals surface area contributed by atoms with Crippen LogP contribution in [0.25, 0.3) is 0 Å². The second-order valence-electron chi connectivity index (χ2n) is 7.83. The molecule has 8 heteroatoms. The lowest BCUT2D eigenvalue weighted by Gasteiger charge is -2.28. The van der Waals surface area contributed by atoms with Crippen molar-refractivity contribution in [2.75, 3.05) is 29.7 Å². The molecule has 1 N–H and O–H groups in total. The van der Waals surface area contributed by atoms with Gasteiger partial charge in [0, 0.05) is 25.2 Å². The van der Waals surface area contributed by atoms with Crippen molar-refractivity contribution in [2.24, 2.45) is 11.3 Å². The van der Waals surface area contributed by atoms with Gasteiger partial charge in [0.25, 0.3) is 5.91 Å². The highest BCUT2D eigenvalue weighted by Gasteiger charge is 2.48. The lowest BCUT2D eigenvalue weighted by atomic mass is 9.76. The third-order valence-corrected chi connectivity index (χ3v) is 7.82. The van der Waals surface area contributed by atoms with E-state index in [1.54, 1.807) is 30.0 Å². The first kappa shape index (κ1) is 19.7. The molecule has 1 amide bonds. The molecule has 0 bridgehead atoms. The zero-order valence-electron chi connectivity index (χ0n) is 15.9. The molecule has 0 aliphatic carbocycles. The number of carbonyl (C=O) groups excluding carboxylic acids is 1. The quantitative estimate of drug-likeness (QED) is 0.844. The average Bonchev–Trinajstić information content (AvgIpc) is 3.18. The van der Waals surface area contributed by atoms with Gasteiger partial charge in [0.15, 0.2) is 0 Å². The predicted molar refractivity (Wildman–Crippen MR) is 102 cm³/mol. The van der Waals surface area contributed by atoms with Crippen LogP contribution in [0.5, 0.6) is 0 Å². The number of hydrogen-bond donors (Lipinski definition) is 1. The Labute approximate surface area is 160 Å². The van der Waals surface area contributed by atoms with Gasteiger partial charge in [0.1, 0.15) is 0 Å². The van der Waals surface area contributed by atoms with Crippen LogP contribution in [0.4, 0.5) is 5.69 Å². The fraction of sp³-hybridized carbons (Fsp3) is 0.579. The second-order valence-corrected chi connectivity index (χ2v) is 9.85. The molecule has 1 atom stereocenters. The van der Waals surface area contributed by atoms with Crippen molar-refractivity contribution in [1.29, 1.82) is 0 Å². The van der Waals surface area contributed by atoms with E-state index in [0.717, 1.165) is 0 Å². The minimum Gasteiger partial charge on any atom is -0.481 e. The lowest BCUT2D eigenvalue weighted by Crippen LogP contribution is -2.40. The van der Waals surface area contributed by atoms with Crippen molar-refractivity contribution in [3.05, 3.63) is 29.3 Å². The second kappa shape index (κ2) is 6.82. The highest BCUT2D eigenvalue weighted by molar-refractivity contribution is 7.93. The highest BCUT2D eigenvalue weighted by Crippen LogP contribution is 2.39. The molecule has 2 aliphatic heterocycles. The number of aryl methyl sites for hydroxylation is 1. The number of nitrogens with zero attached hydrogens (tertiary/aromatic N) is 2. The van der Waals surface area contributed by atoms with Gasteiger partial charge >= 0.3 is 5.97 Å². The summed E-state index contributed by atoms with van der Waals surface area (Å²) in [7, 11) is -3.27. The van der Waals surface area contributed by atoms with Crippen molar-refractivity contribution in [3.8, 4) is 0 Å². The van der Waals surface area contributed by atoms with Crippen LogP contribution in [0.2, 0.25) is 0 Å². The SMILES string of the molecule is Cc1cc(N2CCCS2(=O)=O)ccc1C(=O)N1CCC(C(=O)O)(C(C)C)C1. The summed E-state index contributed by atoms with van der Waals surface area (Å²) in [5, 5.41) is 9.67. The molecule has 7 nitrogen and oxygen atoms in total. The van der Waals surface area contributed by atoms with Crippen LogP contribution in [0, 0.1) is 18.3 Å². The molecule has 2 saturated heterocycles. The van der Waals surface area contributed by atoms with Crippen molar-refractivity contribution in [1.82, 2.24) is 4.90 Å². The molecule has 2 aliphatic rings. The summed E-state index contributed by atoms with van der Waals surface area (Å²) in [4.78, 5) is 26.4. The van der Waals surface area contributed by atoms with Crippen molar-refractivity contribution in [2.45, 2.75) is 33.6 Å². The van der Waals surface area contributed by atoms with Gasteiger partial charge in [-0.15, -0.1) is 0 Å². The van der Waals surface area contributed by atoms with Crippen LogP contribution in [-0.4, -0.2) is 55.7 Å². The van der Waals surface area contributed by atoms with Crippen LogP contribution in [-0.2, 0) is 14.8 Å². The van der Waals surface area contributed by atoms with Crippen molar-refractivity contribution >= 4 is 27.6 Å². The van der Waals surface area contributed by atoms with Gasteiger partial charge in [-0.3, -0.25) is 13.9 Å². The Morgan fingerprint density at radius 2 is 1.93 bits per heavy atom. The summed E-state index contributed by atoms with van der Waals surface area (Å²) in [6.07, 6.45) is 1.04. The first-order chi connectivity index (χ1) is 12.6.